The van der Waals surface area contributed by atoms with E-state index in [1.54, 1.807) is 14.2 Å². The molecule has 0 saturated carbocycles. The second-order valence-electron chi connectivity index (χ2n) is 6.12. The highest BCUT2D eigenvalue weighted by Gasteiger charge is 2.14. The van der Waals surface area contributed by atoms with E-state index in [0.717, 1.165) is 11.1 Å². The molecular formula is C21H27NO4. The summed E-state index contributed by atoms with van der Waals surface area (Å²) in [5.74, 6) is 1.41. The molecule has 5 heteroatoms. The molecule has 0 aliphatic carbocycles. The van der Waals surface area contributed by atoms with Gasteiger partial charge in [0.25, 0.3) is 0 Å². The number of aliphatic hydroxyl groups is 1. The third-order valence-electron chi connectivity index (χ3n) is 4.24. The number of benzene rings is 2. The van der Waals surface area contributed by atoms with Crippen molar-refractivity contribution in [3.8, 4) is 11.5 Å². The second kappa shape index (κ2) is 10.5. The molecule has 5 nitrogen and oxygen atoms in total. The van der Waals surface area contributed by atoms with Crippen molar-refractivity contribution >= 4 is 5.91 Å². The highest BCUT2D eigenvalue weighted by molar-refractivity contribution is 5.76. The van der Waals surface area contributed by atoms with Crippen molar-refractivity contribution in [2.24, 2.45) is 0 Å². The number of hydrogen-bond acceptors (Lipinski definition) is 4. The Hall–Kier alpha value is -2.53. The van der Waals surface area contributed by atoms with Crippen LogP contribution in [0.25, 0.3) is 0 Å². The van der Waals surface area contributed by atoms with E-state index < -0.39 is 0 Å². The number of hydrogen-bond donors (Lipinski definition) is 2. The summed E-state index contributed by atoms with van der Waals surface area (Å²) >= 11 is 0. The van der Waals surface area contributed by atoms with Gasteiger partial charge in [-0.3, -0.25) is 4.79 Å². The molecule has 2 aromatic rings. The molecule has 0 radical (unpaired) electrons. The zero-order valence-corrected chi connectivity index (χ0v) is 15.4. The van der Waals surface area contributed by atoms with E-state index in [4.69, 9.17) is 14.6 Å². The van der Waals surface area contributed by atoms with Crippen molar-refractivity contribution in [1.29, 1.82) is 0 Å². The molecule has 0 heterocycles. The van der Waals surface area contributed by atoms with E-state index in [1.807, 2.05) is 48.5 Å². The largest absolute Gasteiger partial charge is 0.497 e. The maximum absolute atomic E-state index is 12.4. The predicted molar refractivity (Wildman–Crippen MR) is 102 cm³/mol. The highest BCUT2D eigenvalue weighted by atomic mass is 16.5. The highest BCUT2D eigenvalue weighted by Crippen LogP contribution is 2.23. The Bertz CT molecular complexity index is 665. The third-order valence-corrected chi connectivity index (χ3v) is 4.24. The van der Waals surface area contributed by atoms with Gasteiger partial charge in [-0.25, -0.2) is 0 Å². The van der Waals surface area contributed by atoms with Gasteiger partial charge in [-0.2, -0.15) is 0 Å². The average molecular weight is 357 g/mol. The SMILES string of the molecule is COc1cc(CCC(=O)NC(CCCO)c2ccccc2)cc(OC)c1. The molecule has 2 N–H and O–H groups in total. The normalized spacial score (nSPS) is 11.7. The van der Waals surface area contributed by atoms with Crippen LogP contribution in [0, 0.1) is 0 Å². The molecule has 140 valence electrons. The maximum Gasteiger partial charge on any atom is 0.220 e. The zero-order valence-electron chi connectivity index (χ0n) is 15.4. The lowest BCUT2D eigenvalue weighted by molar-refractivity contribution is -0.121. The summed E-state index contributed by atoms with van der Waals surface area (Å²) in [6.07, 6.45) is 2.33. The van der Waals surface area contributed by atoms with Gasteiger partial charge in [0.15, 0.2) is 0 Å². The van der Waals surface area contributed by atoms with Gasteiger partial charge in [0.05, 0.1) is 20.3 Å². The number of ether oxygens (including phenoxy) is 2. The Labute approximate surface area is 155 Å². The van der Waals surface area contributed by atoms with Crippen LogP contribution in [0.15, 0.2) is 48.5 Å². The van der Waals surface area contributed by atoms with Crippen LogP contribution in [0.3, 0.4) is 0 Å². The van der Waals surface area contributed by atoms with Crippen molar-refractivity contribution in [3.05, 3.63) is 59.7 Å². The number of aliphatic hydroxyl groups excluding tert-OH is 1. The predicted octanol–water partition coefficient (Wildman–Crippen LogP) is 3.27. The standard InChI is InChI=1S/C21H27NO4/c1-25-18-13-16(14-19(15-18)26-2)10-11-21(24)22-20(9-6-12-23)17-7-4-3-5-8-17/h3-5,7-8,13-15,20,23H,6,9-12H2,1-2H3,(H,22,24). The summed E-state index contributed by atoms with van der Waals surface area (Å²) in [6.45, 7) is 0.114. The number of methoxy groups -OCH3 is 2. The van der Waals surface area contributed by atoms with Gasteiger partial charge >= 0.3 is 0 Å². The number of rotatable bonds is 10. The zero-order chi connectivity index (χ0) is 18.8. The monoisotopic (exact) mass is 357 g/mol. The number of amides is 1. The van der Waals surface area contributed by atoms with Crippen LogP contribution in [0.1, 0.15) is 36.4 Å². The molecule has 0 aliphatic heterocycles. The molecule has 0 bridgehead atoms. The molecule has 0 spiro atoms. The fourth-order valence-electron chi connectivity index (χ4n) is 2.84. The first-order chi connectivity index (χ1) is 12.7. The summed E-state index contributed by atoms with van der Waals surface area (Å²) in [5.41, 5.74) is 2.04. The van der Waals surface area contributed by atoms with Gasteiger partial charge in [-0.1, -0.05) is 30.3 Å². The van der Waals surface area contributed by atoms with E-state index in [9.17, 15) is 4.79 Å². The smallest absolute Gasteiger partial charge is 0.220 e. The second-order valence-corrected chi connectivity index (χ2v) is 6.12. The average Bonchev–Trinajstić information content (AvgIpc) is 2.69. The lowest BCUT2D eigenvalue weighted by atomic mass is 10.0. The molecule has 2 aromatic carbocycles. The molecule has 0 aliphatic rings. The molecule has 0 saturated heterocycles. The molecule has 0 aromatic heterocycles. The summed E-state index contributed by atoms with van der Waals surface area (Å²) in [7, 11) is 3.22. The van der Waals surface area contributed by atoms with Gasteiger partial charge in [-0.15, -0.1) is 0 Å². The van der Waals surface area contributed by atoms with Crippen molar-refractivity contribution < 1.29 is 19.4 Å². The Balaban J connectivity index is 1.97. The van der Waals surface area contributed by atoms with Crippen molar-refractivity contribution in [3.63, 3.8) is 0 Å². The van der Waals surface area contributed by atoms with E-state index in [2.05, 4.69) is 5.32 Å². The van der Waals surface area contributed by atoms with Gasteiger partial charge < -0.3 is 19.9 Å². The van der Waals surface area contributed by atoms with Crippen LogP contribution in [-0.4, -0.2) is 31.8 Å². The van der Waals surface area contributed by atoms with E-state index in [-0.39, 0.29) is 18.6 Å². The quantitative estimate of drug-likeness (QED) is 0.685. The first-order valence-corrected chi connectivity index (χ1v) is 8.83. The summed E-state index contributed by atoms with van der Waals surface area (Å²) < 4.78 is 10.5. The van der Waals surface area contributed by atoms with Crippen LogP contribution in [0.5, 0.6) is 11.5 Å². The summed E-state index contributed by atoms with van der Waals surface area (Å²) in [4.78, 5) is 12.4. The summed E-state index contributed by atoms with van der Waals surface area (Å²) in [6, 6.07) is 15.4. The Morgan fingerprint density at radius 2 is 1.73 bits per heavy atom. The summed E-state index contributed by atoms with van der Waals surface area (Å²) in [5, 5.41) is 12.2. The number of nitrogens with one attached hydrogen (secondary N) is 1. The van der Waals surface area contributed by atoms with Crippen molar-refractivity contribution in [1.82, 2.24) is 5.32 Å². The van der Waals surface area contributed by atoms with Gasteiger partial charge in [-0.05, 0) is 42.5 Å². The number of carbonyl (C=O) groups excluding carboxylic acids is 1. The van der Waals surface area contributed by atoms with E-state index in [1.165, 1.54) is 0 Å². The molecular weight excluding hydrogens is 330 g/mol. The number of aryl methyl sites for hydroxylation is 1. The minimum absolute atomic E-state index is 0.0152. The Kier molecular flexibility index (Phi) is 7.96. The topological polar surface area (TPSA) is 67.8 Å². The molecule has 2 rings (SSSR count). The minimum atomic E-state index is -0.0873. The van der Waals surface area contributed by atoms with Crippen molar-refractivity contribution in [2.75, 3.05) is 20.8 Å². The van der Waals surface area contributed by atoms with E-state index in [0.29, 0.717) is 37.2 Å². The van der Waals surface area contributed by atoms with Crippen LogP contribution in [-0.2, 0) is 11.2 Å². The molecule has 26 heavy (non-hydrogen) atoms. The lowest BCUT2D eigenvalue weighted by Gasteiger charge is -2.19. The Morgan fingerprint density at radius 3 is 2.31 bits per heavy atom. The van der Waals surface area contributed by atoms with E-state index >= 15 is 0 Å². The minimum Gasteiger partial charge on any atom is -0.497 e. The van der Waals surface area contributed by atoms with Crippen LogP contribution >= 0.6 is 0 Å². The molecule has 0 fully saturated rings. The third kappa shape index (κ3) is 6.08. The fourth-order valence-corrected chi connectivity index (χ4v) is 2.84. The van der Waals surface area contributed by atoms with Crippen molar-refractivity contribution in [2.45, 2.75) is 31.7 Å². The number of carbonyl (C=O) groups is 1. The van der Waals surface area contributed by atoms with Gasteiger partial charge in [0.2, 0.25) is 5.91 Å². The fraction of sp³-hybridized carbons (Fsp3) is 0.381. The Morgan fingerprint density at radius 1 is 1.08 bits per heavy atom. The maximum atomic E-state index is 12.4. The first-order valence-electron chi connectivity index (χ1n) is 8.83. The molecule has 1 atom stereocenters. The van der Waals surface area contributed by atoms with Crippen LogP contribution in [0.2, 0.25) is 0 Å². The molecule has 1 amide bonds. The first kappa shape index (κ1) is 19.8. The van der Waals surface area contributed by atoms with Crippen LogP contribution < -0.4 is 14.8 Å². The van der Waals surface area contributed by atoms with Crippen LogP contribution in [0.4, 0.5) is 0 Å². The van der Waals surface area contributed by atoms with Gasteiger partial charge in [0, 0.05) is 19.1 Å². The molecule has 1 unspecified atom stereocenters. The lowest BCUT2D eigenvalue weighted by Crippen LogP contribution is -2.29. The van der Waals surface area contributed by atoms with Gasteiger partial charge in [0.1, 0.15) is 11.5 Å².